The minimum absolute atomic E-state index is 0.176. The zero-order chi connectivity index (χ0) is 24.4. The quantitative estimate of drug-likeness (QED) is 0.424. The zero-order valence-corrected chi connectivity index (χ0v) is 21.5. The fourth-order valence-corrected chi connectivity index (χ4v) is 6.46. The molecule has 1 amide bonds. The van der Waals surface area contributed by atoms with E-state index in [9.17, 15) is 4.79 Å². The Hall–Kier alpha value is -2.82. The summed E-state index contributed by atoms with van der Waals surface area (Å²) < 4.78 is 7.90. The predicted octanol–water partition coefficient (Wildman–Crippen LogP) is 6.90. The summed E-state index contributed by atoms with van der Waals surface area (Å²) in [6, 6.07) is 12.6. The van der Waals surface area contributed by atoms with E-state index in [-0.39, 0.29) is 11.9 Å². The van der Waals surface area contributed by atoms with E-state index in [1.54, 1.807) is 7.11 Å². The number of nitrogens with one attached hydrogen (secondary N) is 1. The van der Waals surface area contributed by atoms with E-state index in [1.807, 2.05) is 6.07 Å². The largest absolute Gasteiger partial charge is 0.496 e. The lowest BCUT2D eigenvalue weighted by Crippen LogP contribution is -2.43. The molecule has 2 aliphatic rings. The van der Waals surface area contributed by atoms with Gasteiger partial charge in [0.25, 0.3) is 0 Å². The number of aryl methyl sites for hydroxylation is 2. The maximum Gasteiger partial charge on any atom is 0.243 e. The normalized spacial score (nSPS) is 18.5. The Balaban J connectivity index is 1.64. The van der Waals surface area contributed by atoms with Gasteiger partial charge >= 0.3 is 0 Å². The molecule has 1 N–H and O–H groups in total. The lowest BCUT2D eigenvalue weighted by atomic mass is 9.82. The zero-order valence-electron chi connectivity index (χ0n) is 21.5. The molecule has 5 heteroatoms. The number of ether oxygens (including phenoxy) is 1. The molecular weight excluding hydrogens is 434 g/mol. The van der Waals surface area contributed by atoms with Crippen molar-refractivity contribution in [3.05, 3.63) is 47.5 Å². The molecule has 186 valence electrons. The lowest BCUT2D eigenvalue weighted by Gasteiger charge is -2.34. The van der Waals surface area contributed by atoms with Crippen LogP contribution in [0, 0.1) is 19.8 Å². The standard InChI is InChI=1S/C30H39N3O2/c1-20-18-23(19-21(2)28(20)35-3)29-32-25-16-10-11-17-26(25)33(29)27(22-12-6-4-7-13-22)30(34)31-24-14-8-5-9-15-24/h10-11,16-19,22,24,27H,4-9,12-15H2,1-3H3,(H,31,34). The number of aromatic nitrogens is 2. The Morgan fingerprint density at radius 1 is 0.971 bits per heavy atom. The van der Waals surface area contributed by atoms with Crippen LogP contribution in [-0.4, -0.2) is 28.6 Å². The molecule has 0 saturated heterocycles. The topological polar surface area (TPSA) is 56.2 Å². The average molecular weight is 474 g/mol. The molecule has 0 bridgehead atoms. The van der Waals surface area contributed by atoms with Gasteiger partial charge in [0, 0.05) is 11.6 Å². The highest BCUT2D eigenvalue weighted by atomic mass is 16.5. The van der Waals surface area contributed by atoms with Crippen LogP contribution in [0.15, 0.2) is 36.4 Å². The van der Waals surface area contributed by atoms with E-state index >= 15 is 0 Å². The molecule has 2 fully saturated rings. The first-order valence-electron chi connectivity index (χ1n) is 13.5. The van der Waals surface area contributed by atoms with E-state index in [4.69, 9.17) is 9.72 Å². The maximum atomic E-state index is 14.1. The van der Waals surface area contributed by atoms with Crippen LogP contribution in [0.3, 0.4) is 0 Å². The van der Waals surface area contributed by atoms with Gasteiger partial charge < -0.3 is 14.6 Å². The van der Waals surface area contributed by atoms with Crippen molar-refractivity contribution in [3.63, 3.8) is 0 Å². The van der Waals surface area contributed by atoms with E-state index in [1.165, 1.54) is 38.5 Å². The van der Waals surface area contributed by atoms with Crippen molar-refractivity contribution in [3.8, 4) is 17.1 Å². The van der Waals surface area contributed by atoms with Gasteiger partial charge in [0.1, 0.15) is 17.6 Å². The summed E-state index contributed by atoms with van der Waals surface area (Å²) in [6.07, 6.45) is 11.7. The molecule has 0 spiro atoms. The summed E-state index contributed by atoms with van der Waals surface area (Å²) in [5, 5.41) is 3.48. The smallest absolute Gasteiger partial charge is 0.243 e. The first kappa shape index (κ1) is 23.9. The number of nitrogens with zero attached hydrogens (tertiary/aromatic N) is 2. The number of methoxy groups -OCH3 is 1. The molecule has 2 aromatic carbocycles. The molecule has 1 unspecified atom stereocenters. The second kappa shape index (κ2) is 10.4. The van der Waals surface area contributed by atoms with Gasteiger partial charge in [0.05, 0.1) is 18.1 Å². The van der Waals surface area contributed by atoms with Crippen LogP contribution in [0.25, 0.3) is 22.4 Å². The third kappa shape index (κ3) is 4.82. The Kier molecular flexibility index (Phi) is 7.12. The summed E-state index contributed by atoms with van der Waals surface area (Å²) in [5.41, 5.74) is 5.20. The molecule has 0 aliphatic heterocycles. The Bertz CT molecular complexity index is 1160. The molecule has 2 saturated carbocycles. The number of carbonyl (C=O) groups is 1. The van der Waals surface area contributed by atoms with Gasteiger partial charge in [-0.05, 0) is 80.8 Å². The third-order valence-corrected chi connectivity index (χ3v) is 8.11. The number of amides is 1. The fraction of sp³-hybridized carbons (Fsp3) is 0.533. The van der Waals surface area contributed by atoms with Crippen molar-refractivity contribution >= 4 is 16.9 Å². The Morgan fingerprint density at radius 3 is 2.26 bits per heavy atom. The van der Waals surface area contributed by atoms with Crippen molar-refractivity contribution in [1.29, 1.82) is 0 Å². The molecule has 1 aromatic heterocycles. The maximum absolute atomic E-state index is 14.1. The molecule has 1 atom stereocenters. The Morgan fingerprint density at radius 2 is 1.60 bits per heavy atom. The monoisotopic (exact) mass is 473 g/mol. The average Bonchev–Trinajstić information content (AvgIpc) is 3.25. The van der Waals surface area contributed by atoms with Gasteiger partial charge in [-0.15, -0.1) is 0 Å². The van der Waals surface area contributed by atoms with Gasteiger partial charge in [0.2, 0.25) is 5.91 Å². The van der Waals surface area contributed by atoms with Crippen LogP contribution in [-0.2, 0) is 4.79 Å². The van der Waals surface area contributed by atoms with Crippen molar-refractivity contribution in [1.82, 2.24) is 14.9 Å². The highest BCUT2D eigenvalue weighted by Gasteiger charge is 2.35. The highest BCUT2D eigenvalue weighted by Crippen LogP contribution is 2.39. The molecule has 5 nitrogen and oxygen atoms in total. The van der Waals surface area contributed by atoms with Crippen molar-refractivity contribution in [2.45, 2.75) is 90.1 Å². The van der Waals surface area contributed by atoms with Crippen LogP contribution >= 0.6 is 0 Å². The fourth-order valence-electron chi connectivity index (χ4n) is 6.46. The van der Waals surface area contributed by atoms with Crippen LogP contribution in [0.5, 0.6) is 5.75 Å². The number of fused-ring (bicyclic) bond motifs is 1. The summed E-state index contributed by atoms with van der Waals surface area (Å²) in [6.45, 7) is 4.16. The molecule has 0 radical (unpaired) electrons. The van der Waals surface area contributed by atoms with Crippen molar-refractivity contribution < 1.29 is 9.53 Å². The SMILES string of the molecule is COc1c(C)cc(-c2nc3ccccc3n2C(C(=O)NC2CCCCC2)C2CCCCC2)cc1C. The summed E-state index contributed by atoms with van der Waals surface area (Å²) in [4.78, 5) is 19.2. The molecule has 2 aliphatic carbocycles. The third-order valence-electron chi connectivity index (χ3n) is 8.11. The van der Waals surface area contributed by atoms with Crippen LogP contribution in [0.2, 0.25) is 0 Å². The van der Waals surface area contributed by atoms with Crippen LogP contribution in [0.1, 0.15) is 81.4 Å². The minimum atomic E-state index is -0.248. The van der Waals surface area contributed by atoms with E-state index in [0.717, 1.165) is 65.0 Å². The first-order chi connectivity index (χ1) is 17.1. The number of hydrogen-bond acceptors (Lipinski definition) is 3. The molecular formula is C30H39N3O2. The van der Waals surface area contributed by atoms with E-state index < -0.39 is 0 Å². The number of rotatable bonds is 6. The summed E-state index contributed by atoms with van der Waals surface area (Å²) in [7, 11) is 1.72. The molecule has 1 heterocycles. The van der Waals surface area contributed by atoms with Gasteiger partial charge in [-0.1, -0.05) is 50.7 Å². The van der Waals surface area contributed by atoms with E-state index in [2.05, 4.69) is 54.1 Å². The second-order valence-corrected chi connectivity index (χ2v) is 10.6. The molecule has 3 aromatic rings. The van der Waals surface area contributed by atoms with Gasteiger partial charge in [-0.2, -0.15) is 0 Å². The van der Waals surface area contributed by atoms with Crippen molar-refractivity contribution in [2.24, 2.45) is 5.92 Å². The number of para-hydroxylation sites is 2. The lowest BCUT2D eigenvalue weighted by molar-refractivity contribution is -0.127. The summed E-state index contributed by atoms with van der Waals surface area (Å²) >= 11 is 0. The number of carbonyl (C=O) groups excluding carboxylic acids is 1. The number of benzene rings is 2. The molecule has 5 rings (SSSR count). The predicted molar refractivity (Wildman–Crippen MR) is 142 cm³/mol. The van der Waals surface area contributed by atoms with Crippen LogP contribution < -0.4 is 10.1 Å². The first-order valence-corrected chi connectivity index (χ1v) is 13.5. The van der Waals surface area contributed by atoms with Crippen LogP contribution in [0.4, 0.5) is 0 Å². The summed E-state index contributed by atoms with van der Waals surface area (Å²) in [5.74, 6) is 2.30. The number of hydrogen-bond donors (Lipinski definition) is 1. The Labute approximate surface area is 209 Å². The second-order valence-electron chi connectivity index (χ2n) is 10.6. The minimum Gasteiger partial charge on any atom is -0.496 e. The number of imidazole rings is 1. The highest BCUT2D eigenvalue weighted by molar-refractivity contribution is 5.87. The van der Waals surface area contributed by atoms with Crippen molar-refractivity contribution in [2.75, 3.05) is 7.11 Å². The van der Waals surface area contributed by atoms with Gasteiger partial charge in [-0.25, -0.2) is 4.98 Å². The molecule has 35 heavy (non-hydrogen) atoms. The van der Waals surface area contributed by atoms with E-state index in [0.29, 0.717) is 12.0 Å². The van der Waals surface area contributed by atoms with Gasteiger partial charge in [0.15, 0.2) is 0 Å². The van der Waals surface area contributed by atoms with Gasteiger partial charge in [-0.3, -0.25) is 4.79 Å².